The lowest BCUT2D eigenvalue weighted by molar-refractivity contribution is 0.403. The van der Waals surface area contributed by atoms with E-state index in [1.807, 2.05) is 0 Å². The van der Waals surface area contributed by atoms with Crippen LogP contribution in [0.1, 0.15) is 5.56 Å². The number of hydrogen-bond acceptors (Lipinski definition) is 4. The van der Waals surface area contributed by atoms with E-state index < -0.39 is 18.8 Å². The van der Waals surface area contributed by atoms with Gasteiger partial charge in [0, 0.05) is 22.2 Å². The Morgan fingerprint density at radius 3 is 2.52 bits per heavy atom. The summed E-state index contributed by atoms with van der Waals surface area (Å²) in [7, 11) is -0.212. The van der Waals surface area contributed by atoms with Crippen LogP contribution in [-0.2, 0) is 5.75 Å². The minimum Gasteiger partial charge on any atom is -0.497 e. The van der Waals surface area contributed by atoms with Crippen LogP contribution in [-0.4, -0.2) is 24.3 Å². The topological polar surface area (TPSA) is 49.7 Å². The fourth-order valence-corrected chi connectivity index (χ4v) is 2.69. The van der Waals surface area contributed by atoms with E-state index in [9.17, 15) is 18.8 Å². The van der Waals surface area contributed by atoms with Crippen molar-refractivity contribution in [1.82, 2.24) is 0 Å². The van der Waals surface area contributed by atoms with E-state index in [2.05, 4.69) is 0 Å². The summed E-state index contributed by atoms with van der Waals surface area (Å²) in [6.07, 6.45) is 0. The van der Waals surface area contributed by atoms with Gasteiger partial charge >= 0.3 is 7.12 Å². The Morgan fingerprint density at radius 2 is 1.90 bits per heavy atom. The molecule has 0 aliphatic rings. The standard InChI is InChI=1S/C14H13BF2O3S/c1-20-13-4-2-9(6-11(13)15(18)19)8-21-14-5-3-10(16)7-12(14)17/h2-7,18-19H,8H2,1H3. The molecular weight excluding hydrogens is 297 g/mol. The summed E-state index contributed by atoms with van der Waals surface area (Å²) in [5, 5.41) is 18.6. The summed E-state index contributed by atoms with van der Waals surface area (Å²) in [6.45, 7) is 0. The number of ether oxygens (including phenoxy) is 1. The van der Waals surface area contributed by atoms with Crippen LogP contribution < -0.4 is 10.2 Å². The molecule has 2 aromatic carbocycles. The van der Waals surface area contributed by atoms with Crippen molar-refractivity contribution in [1.29, 1.82) is 0 Å². The third-order valence-electron chi connectivity index (χ3n) is 2.86. The van der Waals surface area contributed by atoms with Crippen molar-refractivity contribution < 1.29 is 23.6 Å². The number of methoxy groups -OCH3 is 1. The predicted molar refractivity (Wildman–Crippen MR) is 78.7 cm³/mol. The summed E-state index contributed by atoms with van der Waals surface area (Å²) >= 11 is 1.20. The van der Waals surface area contributed by atoms with Gasteiger partial charge in [0.05, 0.1) is 7.11 Å². The number of thioether (sulfide) groups is 1. The number of benzene rings is 2. The monoisotopic (exact) mass is 310 g/mol. The molecule has 0 aromatic heterocycles. The first-order valence-electron chi connectivity index (χ1n) is 6.12. The molecule has 0 spiro atoms. The van der Waals surface area contributed by atoms with E-state index in [0.29, 0.717) is 16.4 Å². The van der Waals surface area contributed by atoms with Crippen molar-refractivity contribution >= 4 is 24.3 Å². The maximum absolute atomic E-state index is 13.5. The van der Waals surface area contributed by atoms with Gasteiger partial charge in [-0.1, -0.05) is 12.1 Å². The second-order valence-electron chi connectivity index (χ2n) is 4.31. The van der Waals surface area contributed by atoms with Crippen molar-refractivity contribution in [2.45, 2.75) is 10.6 Å². The van der Waals surface area contributed by atoms with Crippen molar-refractivity contribution in [2.24, 2.45) is 0 Å². The number of halogens is 2. The zero-order valence-corrected chi connectivity index (χ0v) is 12.0. The summed E-state index contributed by atoms with van der Waals surface area (Å²) in [5.74, 6) is -0.457. The van der Waals surface area contributed by atoms with Gasteiger partial charge < -0.3 is 14.8 Å². The lowest BCUT2D eigenvalue weighted by atomic mass is 9.79. The van der Waals surface area contributed by atoms with E-state index >= 15 is 0 Å². The summed E-state index contributed by atoms with van der Waals surface area (Å²) in [4.78, 5) is 0.332. The zero-order chi connectivity index (χ0) is 15.4. The van der Waals surface area contributed by atoms with Crippen LogP contribution in [0.3, 0.4) is 0 Å². The van der Waals surface area contributed by atoms with E-state index in [1.54, 1.807) is 18.2 Å². The van der Waals surface area contributed by atoms with Crippen LogP contribution in [0.5, 0.6) is 5.75 Å². The highest BCUT2D eigenvalue weighted by Crippen LogP contribution is 2.26. The first-order chi connectivity index (χ1) is 10.0. The van der Waals surface area contributed by atoms with Crippen molar-refractivity contribution in [3.8, 4) is 5.75 Å². The molecule has 0 saturated carbocycles. The lowest BCUT2D eigenvalue weighted by Gasteiger charge is -2.10. The van der Waals surface area contributed by atoms with Crippen LogP contribution in [0.4, 0.5) is 8.78 Å². The van der Waals surface area contributed by atoms with Gasteiger partial charge in [-0.2, -0.15) is 0 Å². The highest BCUT2D eigenvalue weighted by atomic mass is 32.2. The molecule has 0 saturated heterocycles. The van der Waals surface area contributed by atoms with Crippen molar-refractivity contribution in [3.63, 3.8) is 0 Å². The molecule has 0 radical (unpaired) electrons. The first-order valence-corrected chi connectivity index (χ1v) is 7.10. The van der Waals surface area contributed by atoms with Crippen molar-refractivity contribution in [2.75, 3.05) is 7.11 Å². The van der Waals surface area contributed by atoms with Gasteiger partial charge in [-0.05, 0) is 23.8 Å². The van der Waals surface area contributed by atoms with E-state index in [-0.39, 0.29) is 5.46 Å². The minimum atomic E-state index is -1.65. The molecule has 3 nitrogen and oxygen atoms in total. The molecule has 7 heteroatoms. The number of hydrogen-bond donors (Lipinski definition) is 2. The largest absolute Gasteiger partial charge is 0.497 e. The molecule has 0 amide bonds. The zero-order valence-electron chi connectivity index (χ0n) is 11.2. The van der Waals surface area contributed by atoms with Gasteiger partial charge in [0.2, 0.25) is 0 Å². The average Bonchev–Trinajstić information content (AvgIpc) is 2.46. The Hall–Kier alpha value is -1.57. The second-order valence-corrected chi connectivity index (χ2v) is 5.33. The van der Waals surface area contributed by atoms with Crippen LogP contribution >= 0.6 is 11.8 Å². The molecule has 2 N–H and O–H groups in total. The maximum Gasteiger partial charge on any atom is 0.492 e. The number of rotatable bonds is 5. The molecule has 2 rings (SSSR count). The van der Waals surface area contributed by atoms with Crippen LogP contribution in [0.25, 0.3) is 0 Å². The van der Waals surface area contributed by atoms with E-state index in [1.165, 1.54) is 31.0 Å². The Kier molecular flexibility index (Phi) is 5.22. The van der Waals surface area contributed by atoms with Gasteiger partial charge in [0.1, 0.15) is 17.4 Å². The van der Waals surface area contributed by atoms with Gasteiger partial charge in [-0.15, -0.1) is 11.8 Å². The van der Waals surface area contributed by atoms with Crippen molar-refractivity contribution in [3.05, 3.63) is 53.6 Å². The molecule has 110 valence electrons. The smallest absolute Gasteiger partial charge is 0.492 e. The normalized spacial score (nSPS) is 10.5. The third kappa shape index (κ3) is 3.97. The van der Waals surface area contributed by atoms with Crippen LogP contribution in [0.2, 0.25) is 0 Å². The lowest BCUT2D eigenvalue weighted by Crippen LogP contribution is -2.31. The molecule has 0 aliphatic carbocycles. The molecule has 0 heterocycles. The second kappa shape index (κ2) is 6.93. The Bertz CT molecular complexity index is 638. The molecule has 21 heavy (non-hydrogen) atoms. The van der Waals surface area contributed by atoms with Gasteiger partial charge in [-0.3, -0.25) is 0 Å². The highest BCUT2D eigenvalue weighted by molar-refractivity contribution is 7.98. The predicted octanol–water partition coefficient (Wildman–Crippen LogP) is 1.95. The van der Waals surface area contributed by atoms with Gasteiger partial charge in [-0.25, -0.2) is 8.78 Å². The molecular formula is C14H13BF2O3S. The molecule has 0 fully saturated rings. The van der Waals surface area contributed by atoms with Crippen LogP contribution in [0, 0.1) is 11.6 Å². The average molecular weight is 310 g/mol. The third-order valence-corrected chi connectivity index (χ3v) is 3.98. The summed E-state index contributed by atoms with van der Waals surface area (Å²) < 4.78 is 31.4. The molecule has 0 atom stereocenters. The highest BCUT2D eigenvalue weighted by Gasteiger charge is 2.17. The molecule has 2 aromatic rings. The molecule has 0 aliphatic heterocycles. The Balaban J connectivity index is 2.14. The first kappa shape index (κ1) is 15.8. The van der Waals surface area contributed by atoms with Gasteiger partial charge in [0.25, 0.3) is 0 Å². The summed E-state index contributed by atoms with van der Waals surface area (Å²) in [5.41, 5.74) is 1.02. The fourth-order valence-electron chi connectivity index (χ4n) is 1.83. The molecule has 0 unspecified atom stereocenters. The SMILES string of the molecule is COc1ccc(CSc2ccc(F)cc2F)cc1B(O)O. The minimum absolute atomic E-state index is 0.246. The Morgan fingerprint density at radius 1 is 1.14 bits per heavy atom. The quantitative estimate of drug-likeness (QED) is 0.655. The fraction of sp³-hybridized carbons (Fsp3) is 0.143. The summed E-state index contributed by atoms with van der Waals surface area (Å²) in [6, 6.07) is 8.35. The maximum atomic E-state index is 13.5. The van der Waals surface area contributed by atoms with E-state index in [0.717, 1.165) is 11.6 Å². The Labute approximate surface area is 125 Å². The molecule has 0 bridgehead atoms. The van der Waals surface area contributed by atoms with Crippen LogP contribution in [0.15, 0.2) is 41.3 Å². The van der Waals surface area contributed by atoms with Gasteiger partial charge in [0.15, 0.2) is 0 Å². The van der Waals surface area contributed by atoms with E-state index in [4.69, 9.17) is 4.74 Å².